The SMILES string of the molecule is Cn1cnc(CC(=O)Nc2cccc(C(=O)c3ccc4c(/C=C/c5ccccc5)n[nH]c4c3)c2)c1. The van der Waals surface area contributed by atoms with Crippen molar-refractivity contribution in [2.75, 3.05) is 5.32 Å². The van der Waals surface area contributed by atoms with Crippen LogP contribution in [-0.4, -0.2) is 31.4 Å². The Morgan fingerprint density at radius 1 is 0.971 bits per heavy atom. The zero-order valence-corrected chi connectivity index (χ0v) is 19.1. The Balaban J connectivity index is 1.31. The molecule has 0 aliphatic heterocycles. The Morgan fingerprint density at radius 3 is 2.60 bits per heavy atom. The van der Waals surface area contributed by atoms with E-state index in [1.807, 2.05) is 55.6 Å². The molecule has 35 heavy (non-hydrogen) atoms. The minimum absolute atomic E-state index is 0.135. The molecule has 0 atom stereocenters. The van der Waals surface area contributed by atoms with Gasteiger partial charge in [0.15, 0.2) is 5.78 Å². The number of amides is 1. The molecule has 1 amide bonds. The zero-order chi connectivity index (χ0) is 24.2. The van der Waals surface area contributed by atoms with Crippen LogP contribution in [0, 0.1) is 0 Å². The maximum absolute atomic E-state index is 13.2. The summed E-state index contributed by atoms with van der Waals surface area (Å²) in [4.78, 5) is 29.7. The second-order valence-corrected chi connectivity index (χ2v) is 8.28. The summed E-state index contributed by atoms with van der Waals surface area (Å²) < 4.78 is 1.79. The third-order valence-corrected chi connectivity index (χ3v) is 5.60. The standard InChI is InChI=1S/C28H23N5O2/c1-33-17-23(29-18-33)16-27(34)30-22-9-5-8-20(14-22)28(35)21-11-12-24-25(31-32-26(24)15-21)13-10-19-6-3-2-4-7-19/h2-15,17-18H,16H2,1H3,(H,30,34)(H,31,32)/b13-10+. The van der Waals surface area contributed by atoms with Crippen molar-refractivity contribution in [3.63, 3.8) is 0 Å². The van der Waals surface area contributed by atoms with Crippen molar-refractivity contribution >= 4 is 40.4 Å². The smallest absolute Gasteiger partial charge is 0.230 e. The van der Waals surface area contributed by atoms with Crippen LogP contribution in [0.5, 0.6) is 0 Å². The number of benzene rings is 3. The first kappa shape index (κ1) is 22.0. The molecule has 0 radical (unpaired) electrons. The molecule has 5 rings (SSSR count). The molecular weight excluding hydrogens is 438 g/mol. The van der Waals surface area contributed by atoms with Gasteiger partial charge in [0, 0.05) is 35.4 Å². The van der Waals surface area contributed by atoms with E-state index in [2.05, 4.69) is 20.5 Å². The van der Waals surface area contributed by atoms with Crippen LogP contribution in [-0.2, 0) is 18.3 Å². The number of carbonyl (C=O) groups is 2. The summed E-state index contributed by atoms with van der Waals surface area (Å²) in [7, 11) is 1.85. The van der Waals surface area contributed by atoms with Gasteiger partial charge in [-0.3, -0.25) is 14.7 Å². The monoisotopic (exact) mass is 461 g/mol. The summed E-state index contributed by atoms with van der Waals surface area (Å²) in [6.07, 6.45) is 7.57. The van der Waals surface area contributed by atoms with Gasteiger partial charge in [-0.1, -0.05) is 54.6 Å². The molecule has 0 unspecified atom stereocenters. The van der Waals surface area contributed by atoms with E-state index in [1.165, 1.54) is 0 Å². The summed E-state index contributed by atoms with van der Waals surface area (Å²) in [5.41, 5.74) is 4.95. The van der Waals surface area contributed by atoms with Crippen molar-refractivity contribution in [3.05, 3.63) is 113 Å². The minimum atomic E-state index is -0.191. The molecule has 2 N–H and O–H groups in total. The molecule has 0 aliphatic rings. The second-order valence-electron chi connectivity index (χ2n) is 8.28. The van der Waals surface area contributed by atoms with E-state index in [4.69, 9.17) is 0 Å². The van der Waals surface area contributed by atoms with E-state index in [0.717, 1.165) is 22.2 Å². The van der Waals surface area contributed by atoms with Gasteiger partial charge in [0.05, 0.1) is 29.7 Å². The zero-order valence-electron chi connectivity index (χ0n) is 19.1. The number of nitrogens with zero attached hydrogens (tertiary/aromatic N) is 3. The number of anilines is 1. The fraction of sp³-hybridized carbons (Fsp3) is 0.0714. The van der Waals surface area contributed by atoms with Gasteiger partial charge in [-0.25, -0.2) is 4.98 Å². The first-order chi connectivity index (χ1) is 17.0. The molecule has 2 aromatic heterocycles. The summed E-state index contributed by atoms with van der Waals surface area (Å²) in [5, 5.41) is 11.2. The van der Waals surface area contributed by atoms with Gasteiger partial charge in [-0.15, -0.1) is 0 Å². The van der Waals surface area contributed by atoms with Crippen molar-refractivity contribution in [2.45, 2.75) is 6.42 Å². The summed E-state index contributed by atoms with van der Waals surface area (Å²) in [5.74, 6) is -0.327. The molecule has 7 nitrogen and oxygen atoms in total. The van der Waals surface area contributed by atoms with Crippen LogP contribution >= 0.6 is 0 Å². The molecular formula is C28H23N5O2. The molecule has 0 bridgehead atoms. The Hall–Kier alpha value is -4.78. The number of carbonyl (C=O) groups excluding carboxylic acids is 2. The third-order valence-electron chi connectivity index (χ3n) is 5.60. The number of hydrogen-bond donors (Lipinski definition) is 2. The molecule has 0 aliphatic carbocycles. The molecule has 0 spiro atoms. The maximum atomic E-state index is 13.2. The average Bonchev–Trinajstić information content (AvgIpc) is 3.48. The van der Waals surface area contributed by atoms with Crippen LogP contribution in [0.15, 0.2) is 85.3 Å². The Morgan fingerprint density at radius 2 is 1.80 bits per heavy atom. The van der Waals surface area contributed by atoms with Crippen LogP contribution in [0.25, 0.3) is 23.1 Å². The number of fused-ring (bicyclic) bond motifs is 1. The van der Waals surface area contributed by atoms with E-state index in [1.54, 1.807) is 53.5 Å². The number of rotatable bonds is 7. The van der Waals surface area contributed by atoms with E-state index in [-0.39, 0.29) is 18.1 Å². The third kappa shape index (κ3) is 5.09. The van der Waals surface area contributed by atoms with E-state index in [9.17, 15) is 9.59 Å². The van der Waals surface area contributed by atoms with Crippen LogP contribution in [0.1, 0.15) is 32.9 Å². The lowest BCUT2D eigenvalue weighted by atomic mass is 10.0. The van der Waals surface area contributed by atoms with Crippen LogP contribution < -0.4 is 5.32 Å². The predicted octanol–water partition coefficient (Wildman–Crippen LogP) is 4.88. The number of nitrogens with one attached hydrogen (secondary N) is 2. The summed E-state index contributed by atoms with van der Waals surface area (Å²) in [6.45, 7) is 0. The van der Waals surface area contributed by atoms with Gasteiger partial charge < -0.3 is 9.88 Å². The highest BCUT2D eigenvalue weighted by Gasteiger charge is 2.13. The lowest BCUT2D eigenvalue weighted by molar-refractivity contribution is -0.115. The highest BCUT2D eigenvalue weighted by Crippen LogP contribution is 2.22. The van der Waals surface area contributed by atoms with Crippen LogP contribution in [0.4, 0.5) is 5.69 Å². The molecule has 172 valence electrons. The Labute approximate surface area is 202 Å². The van der Waals surface area contributed by atoms with Crippen LogP contribution in [0.2, 0.25) is 0 Å². The number of aromatic amines is 1. The first-order valence-corrected chi connectivity index (χ1v) is 11.2. The molecule has 0 fully saturated rings. The Kier molecular flexibility index (Phi) is 6.05. The van der Waals surface area contributed by atoms with E-state index >= 15 is 0 Å². The van der Waals surface area contributed by atoms with Gasteiger partial charge >= 0.3 is 0 Å². The maximum Gasteiger partial charge on any atom is 0.230 e. The van der Waals surface area contributed by atoms with Gasteiger partial charge in [0.1, 0.15) is 0 Å². The normalized spacial score (nSPS) is 11.2. The van der Waals surface area contributed by atoms with E-state index in [0.29, 0.717) is 22.5 Å². The summed E-state index contributed by atoms with van der Waals surface area (Å²) in [6, 6.07) is 22.4. The fourth-order valence-electron chi connectivity index (χ4n) is 3.88. The van der Waals surface area contributed by atoms with Gasteiger partial charge in [0.2, 0.25) is 5.91 Å². The van der Waals surface area contributed by atoms with E-state index < -0.39 is 0 Å². The topological polar surface area (TPSA) is 92.7 Å². The van der Waals surface area contributed by atoms with Gasteiger partial charge in [-0.2, -0.15) is 5.10 Å². The highest BCUT2D eigenvalue weighted by atomic mass is 16.1. The number of H-pyrrole nitrogens is 1. The van der Waals surface area contributed by atoms with Gasteiger partial charge in [0.25, 0.3) is 0 Å². The number of aryl methyl sites for hydroxylation is 1. The minimum Gasteiger partial charge on any atom is -0.340 e. The van der Waals surface area contributed by atoms with Gasteiger partial charge in [-0.05, 0) is 35.9 Å². The quantitative estimate of drug-likeness (QED) is 0.338. The van der Waals surface area contributed by atoms with Crippen LogP contribution in [0.3, 0.4) is 0 Å². The molecule has 7 heteroatoms. The number of imidazole rings is 1. The number of hydrogen-bond acceptors (Lipinski definition) is 4. The molecule has 0 saturated carbocycles. The largest absolute Gasteiger partial charge is 0.340 e. The summed E-state index contributed by atoms with van der Waals surface area (Å²) >= 11 is 0. The average molecular weight is 462 g/mol. The predicted molar refractivity (Wildman–Crippen MR) is 137 cm³/mol. The molecule has 3 aromatic carbocycles. The highest BCUT2D eigenvalue weighted by molar-refractivity contribution is 6.11. The van der Waals surface area contributed by atoms with Crippen molar-refractivity contribution in [1.29, 1.82) is 0 Å². The van der Waals surface area contributed by atoms with Crippen molar-refractivity contribution in [3.8, 4) is 0 Å². The van der Waals surface area contributed by atoms with Crippen molar-refractivity contribution in [1.82, 2.24) is 19.7 Å². The Bertz CT molecular complexity index is 1550. The molecule has 5 aromatic rings. The first-order valence-electron chi connectivity index (χ1n) is 11.2. The second kappa shape index (κ2) is 9.61. The molecule has 0 saturated heterocycles. The van der Waals surface area contributed by atoms with Crippen molar-refractivity contribution in [2.24, 2.45) is 7.05 Å². The fourth-order valence-corrected chi connectivity index (χ4v) is 3.88. The lowest BCUT2D eigenvalue weighted by Gasteiger charge is -2.07. The molecule has 2 heterocycles. The number of aromatic nitrogens is 4. The number of ketones is 1. The lowest BCUT2D eigenvalue weighted by Crippen LogP contribution is -2.15. The van der Waals surface area contributed by atoms with Crippen molar-refractivity contribution < 1.29 is 9.59 Å².